The molecule has 2 aromatic rings. The molecule has 0 unspecified atom stereocenters. The Bertz CT molecular complexity index is 590. The highest BCUT2D eigenvalue weighted by Gasteiger charge is 2.10. The largest absolute Gasteiger partial charge is 0.489 e. The second-order valence-corrected chi connectivity index (χ2v) is 4.80. The summed E-state index contributed by atoms with van der Waals surface area (Å²) in [5.74, 6) is 0.760. The van der Waals surface area contributed by atoms with Gasteiger partial charge in [-0.15, -0.1) is 0 Å². The maximum Gasteiger partial charge on any atom is 0.251 e. The summed E-state index contributed by atoms with van der Waals surface area (Å²) in [7, 11) is 0. The molecule has 0 aliphatic rings. The van der Waals surface area contributed by atoms with Gasteiger partial charge in [0.1, 0.15) is 12.4 Å². The maximum absolute atomic E-state index is 12.0. The highest BCUT2D eigenvalue weighted by Crippen LogP contribution is 2.16. The summed E-state index contributed by atoms with van der Waals surface area (Å²) in [6.07, 6.45) is 1.01. The van der Waals surface area contributed by atoms with Crippen LogP contribution >= 0.6 is 0 Å². The number of benzene rings is 2. The van der Waals surface area contributed by atoms with Crippen LogP contribution in [0.2, 0.25) is 0 Å². The zero-order valence-corrected chi connectivity index (χ0v) is 12.6. The Morgan fingerprint density at radius 3 is 2.43 bits per heavy atom. The fourth-order valence-corrected chi connectivity index (χ4v) is 2.11. The van der Waals surface area contributed by atoms with Crippen LogP contribution in [0.1, 0.15) is 35.3 Å². The first-order chi connectivity index (χ1) is 10.2. The predicted molar refractivity (Wildman–Crippen MR) is 84.6 cm³/mol. The lowest BCUT2D eigenvalue weighted by molar-refractivity contribution is 0.0953. The molecule has 0 bridgehead atoms. The molecule has 0 spiro atoms. The second-order valence-electron chi connectivity index (χ2n) is 4.80. The standard InChI is InChI=1S/C18H21NO2/c1-3-14-9-11-16(12-10-14)21-13-15-7-5-6-8-17(15)18(20)19-4-2/h5-12H,3-4,13H2,1-2H3,(H,19,20). The quantitative estimate of drug-likeness (QED) is 0.880. The molecule has 0 saturated heterocycles. The topological polar surface area (TPSA) is 38.3 Å². The number of hydrogen-bond acceptors (Lipinski definition) is 2. The fraction of sp³-hybridized carbons (Fsp3) is 0.278. The Hall–Kier alpha value is -2.29. The minimum absolute atomic E-state index is 0.0574. The van der Waals surface area contributed by atoms with E-state index in [-0.39, 0.29) is 5.91 Å². The number of carbonyl (C=O) groups excluding carboxylic acids is 1. The third-order valence-electron chi connectivity index (χ3n) is 3.33. The van der Waals surface area contributed by atoms with Crippen molar-refractivity contribution in [3.8, 4) is 5.75 Å². The van der Waals surface area contributed by atoms with Gasteiger partial charge < -0.3 is 10.1 Å². The molecule has 0 heterocycles. The average Bonchev–Trinajstić information content (AvgIpc) is 2.54. The van der Waals surface area contributed by atoms with Crippen LogP contribution in [-0.2, 0) is 13.0 Å². The molecule has 3 heteroatoms. The molecule has 1 N–H and O–H groups in total. The summed E-state index contributed by atoms with van der Waals surface area (Å²) in [6, 6.07) is 15.6. The van der Waals surface area contributed by atoms with E-state index in [2.05, 4.69) is 24.4 Å². The predicted octanol–water partition coefficient (Wildman–Crippen LogP) is 3.58. The van der Waals surface area contributed by atoms with Crippen LogP contribution in [0.4, 0.5) is 0 Å². The van der Waals surface area contributed by atoms with Gasteiger partial charge in [0.15, 0.2) is 0 Å². The van der Waals surface area contributed by atoms with Gasteiger partial charge in [0.2, 0.25) is 0 Å². The minimum atomic E-state index is -0.0574. The summed E-state index contributed by atoms with van der Waals surface area (Å²) < 4.78 is 5.78. The molecule has 2 aromatic carbocycles. The van der Waals surface area contributed by atoms with Crippen molar-refractivity contribution in [1.82, 2.24) is 5.32 Å². The van der Waals surface area contributed by atoms with Gasteiger partial charge >= 0.3 is 0 Å². The average molecular weight is 283 g/mol. The van der Waals surface area contributed by atoms with Gasteiger partial charge in [-0.05, 0) is 37.1 Å². The van der Waals surface area contributed by atoms with Gasteiger partial charge in [-0.2, -0.15) is 0 Å². The highest BCUT2D eigenvalue weighted by atomic mass is 16.5. The molecule has 21 heavy (non-hydrogen) atoms. The molecule has 0 aromatic heterocycles. The van der Waals surface area contributed by atoms with Crippen LogP contribution < -0.4 is 10.1 Å². The fourth-order valence-electron chi connectivity index (χ4n) is 2.11. The lowest BCUT2D eigenvalue weighted by Gasteiger charge is -2.11. The lowest BCUT2D eigenvalue weighted by Crippen LogP contribution is -2.24. The van der Waals surface area contributed by atoms with Crippen molar-refractivity contribution in [3.05, 3.63) is 65.2 Å². The van der Waals surface area contributed by atoms with E-state index in [0.717, 1.165) is 17.7 Å². The number of aryl methyl sites for hydroxylation is 1. The van der Waals surface area contributed by atoms with E-state index in [4.69, 9.17) is 4.74 Å². The molecule has 2 rings (SSSR count). The molecular formula is C18H21NO2. The van der Waals surface area contributed by atoms with Crippen LogP contribution in [0.25, 0.3) is 0 Å². The zero-order chi connectivity index (χ0) is 15.1. The van der Waals surface area contributed by atoms with Crippen molar-refractivity contribution in [1.29, 1.82) is 0 Å². The van der Waals surface area contributed by atoms with Gasteiger partial charge in [-0.1, -0.05) is 37.3 Å². The van der Waals surface area contributed by atoms with E-state index >= 15 is 0 Å². The van der Waals surface area contributed by atoms with Crippen molar-refractivity contribution in [2.75, 3.05) is 6.54 Å². The van der Waals surface area contributed by atoms with Gasteiger partial charge in [0.05, 0.1) is 0 Å². The van der Waals surface area contributed by atoms with Crippen molar-refractivity contribution in [2.24, 2.45) is 0 Å². The molecule has 0 saturated carbocycles. The van der Waals surface area contributed by atoms with Crippen LogP contribution in [-0.4, -0.2) is 12.5 Å². The Labute approximate surface area is 126 Å². The number of ether oxygens (including phenoxy) is 1. The van der Waals surface area contributed by atoms with Gasteiger partial charge in [0.25, 0.3) is 5.91 Å². The molecular weight excluding hydrogens is 262 g/mol. The summed E-state index contributed by atoms with van der Waals surface area (Å²) in [6.45, 7) is 5.04. The molecule has 0 atom stereocenters. The van der Waals surface area contributed by atoms with Crippen molar-refractivity contribution in [3.63, 3.8) is 0 Å². The molecule has 3 nitrogen and oxygen atoms in total. The number of carbonyl (C=O) groups is 1. The summed E-state index contributed by atoms with van der Waals surface area (Å²) in [4.78, 5) is 12.0. The van der Waals surface area contributed by atoms with E-state index in [9.17, 15) is 4.79 Å². The van der Waals surface area contributed by atoms with Crippen LogP contribution in [0, 0.1) is 0 Å². The summed E-state index contributed by atoms with van der Waals surface area (Å²) in [5.41, 5.74) is 2.85. The second kappa shape index (κ2) is 7.48. The summed E-state index contributed by atoms with van der Waals surface area (Å²) in [5, 5.41) is 2.82. The molecule has 0 fully saturated rings. The molecule has 0 aliphatic carbocycles. The zero-order valence-electron chi connectivity index (χ0n) is 12.6. The SMILES string of the molecule is CCNC(=O)c1ccccc1COc1ccc(CC)cc1. The summed E-state index contributed by atoms with van der Waals surface area (Å²) >= 11 is 0. The third kappa shape index (κ3) is 4.09. The van der Waals surface area contributed by atoms with Gasteiger partial charge in [-0.25, -0.2) is 0 Å². The number of amides is 1. The minimum Gasteiger partial charge on any atom is -0.489 e. The Kier molecular flexibility index (Phi) is 5.38. The first kappa shape index (κ1) is 15.1. The first-order valence-electron chi connectivity index (χ1n) is 7.32. The molecule has 0 aliphatic heterocycles. The van der Waals surface area contributed by atoms with Crippen molar-refractivity contribution in [2.45, 2.75) is 26.9 Å². The Balaban J connectivity index is 2.07. The molecule has 1 amide bonds. The normalized spacial score (nSPS) is 10.2. The third-order valence-corrected chi connectivity index (χ3v) is 3.33. The lowest BCUT2D eigenvalue weighted by atomic mass is 10.1. The van der Waals surface area contributed by atoms with Crippen molar-refractivity contribution < 1.29 is 9.53 Å². The Morgan fingerprint density at radius 1 is 1.05 bits per heavy atom. The molecule has 0 radical (unpaired) electrons. The molecule has 110 valence electrons. The van der Waals surface area contributed by atoms with E-state index < -0.39 is 0 Å². The maximum atomic E-state index is 12.0. The van der Waals surface area contributed by atoms with Crippen LogP contribution in [0.3, 0.4) is 0 Å². The van der Waals surface area contributed by atoms with E-state index in [1.807, 2.05) is 43.3 Å². The number of hydrogen-bond donors (Lipinski definition) is 1. The highest BCUT2D eigenvalue weighted by molar-refractivity contribution is 5.95. The monoisotopic (exact) mass is 283 g/mol. The van der Waals surface area contributed by atoms with E-state index in [1.165, 1.54) is 5.56 Å². The first-order valence-corrected chi connectivity index (χ1v) is 7.32. The number of nitrogens with one attached hydrogen (secondary N) is 1. The smallest absolute Gasteiger partial charge is 0.251 e. The van der Waals surface area contributed by atoms with Crippen LogP contribution in [0.5, 0.6) is 5.75 Å². The van der Waals surface area contributed by atoms with Crippen LogP contribution in [0.15, 0.2) is 48.5 Å². The number of rotatable bonds is 6. The van der Waals surface area contributed by atoms with Gasteiger partial charge in [0, 0.05) is 17.7 Å². The van der Waals surface area contributed by atoms with E-state index in [1.54, 1.807) is 0 Å². The Morgan fingerprint density at radius 2 is 1.76 bits per heavy atom. The van der Waals surface area contributed by atoms with Gasteiger partial charge in [-0.3, -0.25) is 4.79 Å². The van der Waals surface area contributed by atoms with Crippen molar-refractivity contribution >= 4 is 5.91 Å². The van der Waals surface area contributed by atoms with E-state index in [0.29, 0.717) is 18.7 Å².